The highest BCUT2D eigenvalue weighted by atomic mass is 19.1. The number of hydrogen-bond donors (Lipinski definition) is 5. The first-order valence-electron chi connectivity index (χ1n) is 33.6. The number of carbonyl (C=O) groups excluding carboxylic acids is 6. The first kappa shape index (κ1) is 72.2. The van der Waals surface area contributed by atoms with Crippen molar-refractivity contribution in [1.82, 2.24) is 29.7 Å². The maximum absolute atomic E-state index is 15.2. The number of aromatic nitrogens is 4. The standard InChI is InChI=1S/C36H44FN3O7.C35H43FN4O7.CH3F/c1-7-36(45)27-14-30-32-23(16-40(30)34(43)26(27)17-47-35(36)44)13-25-24(22(6)28(37)15-29(25)39-32)10-8-9-11-46-18-38-33(42)20(4)12-31(41)21(5)19(2)3;1-6-35(45)25-13-28-31-21(15-40(28)33(43)24(25)16-47-34(35)44)12-23-22(20(5)26(36)14-27(23)39-31)9-7-8-10-46-17-38-32(42)19(4)11-29(41)30(37)18(2)3;1-2/h13-15,19-21,45H,7-12,16-18H2,1-6H3,(H,38,42);12-14,18-19,30,45H,6-11,15-17,37H2,1-5H3,(H,38,42);1H3/t20-,21+,36+;19-,30+,35+;/m11./s1/i;;1D. The van der Waals surface area contributed by atoms with E-state index in [1.54, 1.807) is 62.8 Å². The molecule has 21 nitrogen and oxygen atoms in total. The number of nitrogens with one attached hydrogen (secondary N) is 2. The van der Waals surface area contributed by atoms with Gasteiger partial charge in [-0.25, -0.2) is 28.3 Å². The van der Waals surface area contributed by atoms with Gasteiger partial charge in [-0.15, -0.1) is 0 Å². The normalized spacial score (nSPS) is 17.8. The number of halogens is 3. The molecular formula is C72H90F3N7O14. The zero-order chi connectivity index (χ0) is 71.1. The van der Waals surface area contributed by atoms with Crippen LogP contribution < -0.4 is 27.5 Å². The minimum absolute atomic E-state index is 0.00933. The van der Waals surface area contributed by atoms with Crippen LogP contribution in [0.2, 0.25) is 0 Å². The number of rotatable bonds is 26. The van der Waals surface area contributed by atoms with Crippen molar-refractivity contribution >= 4 is 57.1 Å². The van der Waals surface area contributed by atoms with Crippen molar-refractivity contribution in [3.63, 3.8) is 0 Å². The number of aliphatic hydroxyl groups is 2. The molecule has 0 fully saturated rings. The summed E-state index contributed by atoms with van der Waals surface area (Å²) in [6.07, 6.45) is 4.26. The summed E-state index contributed by atoms with van der Waals surface area (Å²) in [5.41, 5.74) is 9.52. The smallest absolute Gasteiger partial charge is 0.343 e. The Bertz CT molecular complexity index is 3900. The summed E-state index contributed by atoms with van der Waals surface area (Å²) in [6.45, 7) is 20.8. The summed E-state index contributed by atoms with van der Waals surface area (Å²) in [7, 11) is -1.00. The van der Waals surface area contributed by atoms with Crippen LogP contribution in [0, 0.1) is 55.1 Å². The maximum Gasteiger partial charge on any atom is 0.343 e. The van der Waals surface area contributed by atoms with Gasteiger partial charge in [-0.05, 0) is 124 Å². The molecule has 6 aromatic rings. The molecule has 0 bridgehead atoms. The molecule has 0 unspecified atom stereocenters. The third-order valence-corrected chi connectivity index (χ3v) is 19.4. The molecule has 10 rings (SSSR count). The molecule has 4 aromatic heterocycles. The maximum atomic E-state index is 15.2. The molecule has 4 aliphatic rings. The number of ketones is 2. The number of aryl methyl sites for hydroxylation is 2. The van der Waals surface area contributed by atoms with Crippen molar-refractivity contribution in [2.24, 2.45) is 35.3 Å². The van der Waals surface area contributed by atoms with E-state index in [1.807, 2.05) is 46.8 Å². The highest BCUT2D eigenvalue weighted by molar-refractivity contribution is 5.92. The van der Waals surface area contributed by atoms with Crippen LogP contribution in [0.5, 0.6) is 0 Å². The zero-order valence-corrected chi connectivity index (χ0v) is 56.7. The molecule has 0 aliphatic carbocycles. The number of hydrogen-bond acceptors (Lipinski definition) is 17. The molecule has 0 saturated heterocycles. The van der Waals surface area contributed by atoms with Gasteiger partial charge < -0.3 is 54.7 Å². The van der Waals surface area contributed by atoms with Crippen LogP contribution in [0.25, 0.3) is 44.6 Å². The number of carbonyl (C=O) groups is 6. The molecule has 0 radical (unpaired) electrons. The fourth-order valence-corrected chi connectivity index (χ4v) is 12.8. The van der Waals surface area contributed by atoms with Crippen LogP contribution in [-0.2, 0) is 98.1 Å². The molecule has 2 aromatic carbocycles. The number of amides is 2. The van der Waals surface area contributed by atoms with Crippen molar-refractivity contribution in [1.29, 1.82) is 0 Å². The lowest BCUT2D eigenvalue weighted by molar-refractivity contribution is -0.172. The predicted octanol–water partition coefficient (Wildman–Crippen LogP) is 8.93. The molecule has 2 amide bonds. The number of alkyl halides is 1. The molecule has 0 saturated carbocycles. The van der Waals surface area contributed by atoms with Crippen molar-refractivity contribution in [2.45, 2.75) is 184 Å². The number of nitrogens with two attached hydrogens (primary N) is 1. The largest absolute Gasteiger partial charge is 0.458 e. The fourth-order valence-electron chi connectivity index (χ4n) is 12.8. The van der Waals surface area contributed by atoms with Crippen molar-refractivity contribution < 1.29 is 72.5 Å². The Labute approximate surface area is 557 Å². The summed E-state index contributed by atoms with van der Waals surface area (Å²) in [5.74, 6) is -3.67. The summed E-state index contributed by atoms with van der Waals surface area (Å²) < 4.78 is 70.4. The quantitative estimate of drug-likeness (QED) is 0.0192. The molecule has 518 valence electrons. The molecule has 0 spiro atoms. The van der Waals surface area contributed by atoms with Crippen LogP contribution in [-0.4, -0.2) is 105 Å². The van der Waals surface area contributed by atoms with Crippen LogP contribution >= 0.6 is 0 Å². The fraction of sp³-hybridized carbons (Fsp3) is 0.528. The van der Waals surface area contributed by atoms with Gasteiger partial charge in [0.15, 0.2) is 17.0 Å². The Morgan fingerprint density at radius 3 is 1.42 bits per heavy atom. The van der Waals surface area contributed by atoms with E-state index < -0.39 is 48.2 Å². The number of Topliss-reactive ketones (excluding diaryl/α,β-unsaturated/α-hetero) is 2. The lowest BCUT2D eigenvalue weighted by Gasteiger charge is -2.31. The second-order valence-electron chi connectivity index (χ2n) is 26.3. The second-order valence-corrected chi connectivity index (χ2v) is 26.3. The number of esters is 2. The van der Waals surface area contributed by atoms with Gasteiger partial charge in [0.1, 0.15) is 44.1 Å². The number of unbranched alkanes of at least 4 members (excludes halogenated alkanes) is 2. The highest BCUT2D eigenvalue weighted by Gasteiger charge is 2.47. The average Bonchev–Trinajstić information content (AvgIpc) is 1.64. The molecule has 8 heterocycles. The van der Waals surface area contributed by atoms with Crippen LogP contribution in [0.1, 0.15) is 171 Å². The summed E-state index contributed by atoms with van der Waals surface area (Å²) in [5, 5.41) is 29.2. The van der Waals surface area contributed by atoms with Gasteiger partial charge in [0.2, 0.25) is 11.8 Å². The van der Waals surface area contributed by atoms with Crippen molar-refractivity contribution in [2.75, 3.05) is 33.8 Å². The number of fused-ring (bicyclic) bond motifs is 10. The van der Waals surface area contributed by atoms with Crippen LogP contribution in [0.3, 0.4) is 0 Å². The van der Waals surface area contributed by atoms with E-state index in [2.05, 4.69) is 10.6 Å². The van der Waals surface area contributed by atoms with E-state index in [0.717, 1.165) is 33.0 Å². The van der Waals surface area contributed by atoms with E-state index in [9.17, 15) is 53.0 Å². The number of benzene rings is 2. The lowest BCUT2D eigenvalue weighted by atomic mass is 9.86. The molecule has 6 N–H and O–H groups in total. The van der Waals surface area contributed by atoms with E-state index in [4.69, 9.17) is 36.0 Å². The Kier molecular flexibility index (Phi) is 23.3. The highest BCUT2D eigenvalue weighted by Crippen LogP contribution is 2.42. The third kappa shape index (κ3) is 14.9. The molecule has 96 heavy (non-hydrogen) atoms. The van der Waals surface area contributed by atoms with E-state index >= 15 is 8.78 Å². The summed E-state index contributed by atoms with van der Waals surface area (Å²) >= 11 is 0. The minimum atomic E-state index is -1.92. The number of nitrogens with zero attached hydrogens (tertiary/aromatic N) is 4. The van der Waals surface area contributed by atoms with Gasteiger partial charge in [0.25, 0.3) is 11.1 Å². The summed E-state index contributed by atoms with van der Waals surface area (Å²) in [6, 6.07) is 9.40. The summed E-state index contributed by atoms with van der Waals surface area (Å²) in [4.78, 5) is 111. The SMILES string of the molecule is CC[C@@]1(O)C(=O)OCc2c1cc1n(c2=O)Cc2cc3c(CCCCOCNC(=O)[C@H](C)CC(=O)[C@@H](C)C(C)C)c(C)c(F)cc3nc2-1.CC[C@@]1(O)C(=O)OCc2c1cc1n(c2=O)Cc2cc3c(CCCCOCNC(=O)[C@H](C)CC(=O)[C@@H](N)C(C)C)c(C)c(F)cc3nc2-1.[2H]CF. The van der Waals surface area contributed by atoms with Crippen molar-refractivity contribution in [3.05, 3.63) is 124 Å². The van der Waals surface area contributed by atoms with Crippen LogP contribution in [0.15, 0.2) is 46.0 Å². The first-order valence-corrected chi connectivity index (χ1v) is 32.9. The third-order valence-electron chi connectivity index (χ3n) is 19.4. The second kappa shape index (κ2) is 31.0. The lowest BCUT2D eigenvalue weighted by Crippen LogP contribution is -2.44. The average molecular weight is 1340 g/mol. The number of cyclic esters (lactones) is 2. The number of pyridine rings is 4. The first-order chi connectivity index (χ1) is 46.0. The molecule has 24 heteroatoms. The Balaban J connectivity index is 0.000000238. The number of ether oxygens (including phenoxy) is 4. The Morgan fingerprint density at radius 2 is 1.04 bits per heavy atom. The minimum Gasteiger partial charge on any atom is -0.458 e. The van der Waals surface area contributed by atoms with Gasteiger partial charge in [-0.1, -0.05) is 62.3 Å². The molecule has 4 aliphatic heterocycles. The van der Waals surface area contributed by atoms with E-state index in [0.29, 0.717) is 96.7 Å². The van der Waals surface area contributed by atoms with E-state index in [-0.39, 0.29) is 152 Å². The van der Waals surface area contributed by atoms with Gasteiger partial charge in [0, 0.05) is 89.0 Å². The Morgan fingerprint density at radius 1 is 0.646 bits per heavy atom. The Hall–Kier alpha value is -8.03. The topological polar surface area (TPSA) is 300 Å². The van der Waals surface area contributed by atoms with Gasteiger partial charge in [0.05, 0.1) is 72.6 Å². The van der Waals surface area contributed by atoms with E-state index in [1.165, 1.54) is 12.1 Å². The molecule has 6 atom stereocenters. The predicted molar refractivity (Wildman–Crippen MR) is 354 cm³/mol. The monoisotopic (exact) mass is 1330 g/mol. The van der Waals surface area contributed by atoms with Gasteiger partial charge >= 0.3 is 11.9 Å². The zero-order valence-electron chi connectivity index (χ0n) is 57.7. The van der Waals surface area contributed by atoms with Gasteiger partial charge in [-0.3, -0.25) is 33.2 Å². The van der Waals surface area contributed by atoms with Crippen LogP contribution in [0.4, 0.5) is 13.2 Å². The van der Waals surface area contributed by atoms with Gasteiger partial charge in [-0.2, -0.15) is 0 Å². The van der Waals surface area contributed by atoms with Crippen molar-refractivity contribution in [3.8, 4) is 22.8 Å². The molecular weight excluding hydrogens is 1240 g/mol.